The average Bonchev–Trinajstić information content (AvgIpc) is 3.00. The zero-order valence-corrected chi connectivity index (χ0v) is 19.8. The zero-order chi connectivity index (χ0) is 23.4. The molecule has 172 valence electrons. The molecule has 1 aliphatic rings. The van der Waals surface area contributed by atoms with Crippen molar-refractivity contribution in [2.24, 2.45) is 0 Å². The number of benzene rings is 2. The van der Waals surface area contributed by atoms with Gasteiger partial charge in [0.2, 0.25) is 5.91 Å². The van der Waals surface area contributed by atoms with Gasteiger partial charge in [-0.1, -0.05) is 41.4 Å². The van der Waals surface area contributed by atoms with Gasteiger partial charge in [0.15, 0.2) is 10.6 Å². The van der Waals surface area contributed by atoms with Gasteiger partial charge in [0.1, 0.15) is 6.54 Å². The largest absolute Gasteiger partial charge is 0.339 e. The third kappa shape index (κ3) is 5.61. The Bertz CT molecular complexity index is 1190. The quantitative estimate of drug-likeness (QED) is 0.539. The van der Waals surface area contributed by atoms with Crippen molar-refractivity contribution in [3.63, 3.8) is 0 Å². The standard InChI is InChI=1S/C23H25ClN6O2S/c1-16-3-5-17(6-4-16)21-26-27-23(33)30(21)15-20(31)28-11-2-12-29(14-13-28)22(32)25-19-9-7-18(24)8-10-19/h3-10H,2,11-15H2,1H3,(H,25,32)(H,27,33). The van der Waals surface area contributed by atoms with Crippen LogP contribution >= 0.6 is 23.8 Å². The summed E-state index contributed by atoms with van der Waals surface area (Å²) in [6.45, 7) is 4.17. The normalized spacial score (nSPS) is 14.1. The molecule has 33 heavy (non-hydrogen) atoms. The van der Waals surface area contributed by atoms with Crippen LogP contribution < -0.4 is 5.32 Å². The average molecular weight is 485 g/mol. The highest BCUT2D eigenvalue weighted by atomic mass is 35.5. The number of halogens is 1. The first-order chi connectivity index (χ1) is 15.9. The Morgan fingerprint density at radius 3 is 2.42 bits per heavy atom. The predicted molar refractivity (Wildman–Crippen MR) is 131 cm³/mol. The molecule has 4 rings (SSSR count). The second-order valence-electron chi connectivity index (χ2n) is 7.96. The minimum Gasteiger partial charge on any atom is -0.339 e. The molecule has 2 aromatic carbocycles. The molecule has 2 heterocycles. The molecule has 8 nitrogen and oxygen atoms in total. The maximum Gasteiger partial charge on any atom is 0.321 e. The second kappa shape index (κ2) is 10.2. The van der Waals surface area contributed by atoms with Crippen LogP contribution in [0.25, 0.3) is 11.4 Å². The number of aryl methyl sites for hydroxylation is 1. The fraction of sp³-hybridized carbons (Fsp3) is 0.304. The number of aromatic amines is 1. The van der Waals surface area contributed by atoms with Gasteiger partial charge in [0.05, 0.1) is 0 Å². The van der Waals surface area contributed by atoms with Crippen LogP contribution in [-0.2, 0) is 11.3 Å². The van der Waals surface area contributed by atoms with E-state index >= 15 is 0 Å². The van der Waals surface area contributed by atoms with E-state index in [1.54, 1.807) is 38.6 Å². The minimum atomic E-state index is -0.190. The summed E-state index contributed by atoms with van der Waals surface area (Å²) in [5, 5.41) is 10.6. The summed E-state index contributed by atoms with van der Waals surface area (Å²) in [6.07, 6.45) is 0.696. The van der Waals surface area contributed by atoms with Crippen LogP contribution in [0.2, 0.25) is 5.02 Å². The molecular weight excluding hydrogens is 460 g/mol. The first kappa shape index (κ1) is 23.0. The summed E-state index contributed by atoms with van der Waals surface area (Å²) >= 11 is 11.3. The molecule has 1 aromatic heterocycles. The van der Waals surface area contributed by atoms with Crippen LogP contribution in [0.5, 0.6) is 0 Å². The number of H-pyrrole nitrogens is 1. The number of carbonyl (C=O) groups is 2. The van der Waals surface area contributed by atoms with Crippen molar-refractivity contribution in [3.8, 4) is 11.4 Å². The third-order valence-electron chi connectivity index (χ3n) is 5.59. The number of carbonyl (C=O) groups excluding carboxylic acids is 2. The van der Waals surface area contributed by atoms with Crippen molar-refractivity contribution < 1.29 is 9.59 Å². The van der Waals surface area contributed by atoms with Gasteiger partial charge in [-0.3, -0.25) is 14.5 Å². The fourth-order valence-corrected chi connectivity index (χ4v) is 4.05. The molecule has 0 bridgehead atoms. The third-order valence-corrected chi connectivity index (χ3v) is 6.16. The number of hydrogen-bond acceptors (Lipinski definition) is 4. The molecule has 1 saturated heterocycles. The summed E-state index contributed by atoms with van der Waals surface area (Å²) in [5.41, 5.74) is 2.71. The highest BCUT2D eigenvalue weighted by Gasteiger charge is 2.23. The Morgan fingerprint density at radius 2 is 1.70 bits per heavy atom. The van der Waals surface area contributed by atoms with Gasteiger partial charge in [0, 0.05) is 42.5 Å². The molecule has 0 spiro atoms. The van der Waals surface area contributed by atoms with Crippen molar-refractivity contribution in [1.29, 1.82) is 0 Å². The summed E-state index contributed by atoms with van der Waals surface area (Å²) < 4.78 is 2.12. The number of urea groups is 1. The Balaban J connectivity index is 1.39. The van der Waals surface area contributed by atoms with Crippen LogP contribution in [-0.4, -0.2) is 62.7 Å². The van der Waals surface area contributed by atoms with E-state index in [1.165, 1.54) is 0 Å². The smallest absolute Gasteiger partial charge is 0.321 e. The van der Waals surface area contributed by atoms with Crippen molar-refractivity contribution >= 4 is 41.4 Å². The lowest BCUT2D eigenvalue weighted by Crippen LogP contribution is -2.40. The molecule has 0 saturated carbocycles. The molecule has 0 radical (unpaired) electrons. The van der Waals surface area contributed by atoms with Gasteiger partial charge in [-0.25, -0.2) is 4.79 Å². The monoisotopic (exact) mass is 484 g/mol. The van der Waals surface area contributed by atoms with Crippen molar-refractivity contribution in [3.05, 3.63) is 63.9 Å². The predicted octanol–water partition coefficient (Wildman–Crippen LogP) is 4.34. The van der Waals surface area contributed by atoms with Crippen LogP contribution in [0.4, 0.5) is 10.5 Å². The molecule has 1 fully saturated rings. The van der Waals surface area contributed by atoms with Crippen LogP contribution in [0.3, 0.4) is 0 Å². The molecule has 1 aliphatic heterocycles. The molecule has 3 amide bonds. The van der Waals surface area contributed by atoms with Crippen molar-refractivity contribution in [2.45, 2.75) is 19.9 Å². The van der Waals surface area contributed by atoms with Gasteiger partial charge < -0.3 is 15.1 Å². The second-order valence-corrected chi connectivity index (χ2v) is 8.79. The molecule has 0 aliphatic carbocycles. The Labute approximate surface area is 202 Å². The summed E-state index contributed by atoms with van der Waals surface area (Å²) in [6, 6.07) is 14.7. The minimum absolute atomic E-state index is 0.0548. The molecule has 3 aromatic rings. The zero-order valence-electron chi connectivity index (χ0n) is 18.3. The summed E-state index contributed by atoms with van der Waals surface area (Å²) in [7, 11) is 0. The number of aromatic nitrogens is 3. The number of rotatable bonds is 4. The Hall–Kier alpha value is -3.17. The van der Waals surface area contributed by atoms with Gasteiger partial charge in [0.25, 0.3) is 0 Å². The first-order valence-corrected chi connectivity index (χ1v) is 11.5. The van der Waals surface area contributed by atoms with E-state index in [4.69, 9.17) is 23.8 Å². The molecule has 0 unspecified atom stereocenters. The number of nitrogens with one attached hydrogen (secondary N) is 2. The van der Waals surface area contributed by atoms with Gasteiger partial charge in [-0.2, -0.15) is 5.10 Å². The molecule has 0 atom stereocenters. The van der Waals surface area contributed by atoms with Crippen LogP contribution in [0, 0.1) is 11.7 Å². The van der Waals surface area contributed by atoms with Crippen molar-refractivity contribution in [2.75, 3.05) is 31.5 Å². The topological polar surface area (TPSA) is 86.3 Å². The van der Waals surface area contributed by atoms with Gasteiger partial charge in [-0.05, 0) is 49.8 Å². The fourth-order valence-electron chi connectivity index (χ4n) is 3.73. The Morgan fingerprint density at radius 1 is 1.03 bits per heavy atom. The molecule has 10 heteroatoms. The number of amides is 3. The van der Waals surface area contributed by atoms with E-state index in [2.05, 4.69) is 15.5 Å². The lowest BCUT2D eigenvalue weighted by molar-refractivity contribution is -0.131. The van der Waals surface area contributed by atoms with Crippen LogP contribution in [0.15, 0.2) is 48.5 Å². The van der Waals surface area contributed by atoms with E-state index in [0.29, 0.717) is 53.9 Å². The van der Waals surface area contributed by atoms with Crippen LogP contribution in [0.1, 0.15) is 12.0 Å². The summed E-state index contributed by atoms with van der Waals surface area (Å²) in [4.78, 5) is 29.3. The molecular formula is C23H25ClN6O2S. The maximum atomic E-state index is 13.1. The number of nitrogens with zero attached hydrogens (tertiary/aromatic N) is 4. The molecule has 2 N–H and O–H groups in total. The van der Waals surface area contributed by atoms with Gasteiger partial charge >= 0.3 is 6.03 Å². The van der Waals surface area contributed by atoms with Crippen molar-refractivity contribution in [1.82, 2.24) is 24.6 Å². The highest BCUT2D eigenvalue weighted by Crippen LogP contribution is 2.19. The Kier molecular flexibility index (Phi) is 7.10. The lowest BCUT2D eigenvalue weighted by atomic mass is 10.1. The van der Waals surface area contributed by atoms with E-state index < -0.39 is 0 Å². The first-order valence-electron chi connectivity index (χ1n) is 10.7. The summed E-state index contributed by atoms with van der Waals surface area (Å²) in [5.74, 6) is 0.577. The van der Waals surface area contributed by atoms with E-state index in [0.717, 1.165) is 11.1 Å². The lowest BCUT2D eigenvalue weighted by Gasteiger charge is -2.23. The maximum absolute atomic E-state index is 13.1. The number of anilines is 1. The van der Waals surface area contributed by atoms with E-state index in [9.17, 15) is 9.59 Å². The van der Waals surface area contributed by atoms with E-state index in [-0.39, 0.29) is 18.5 Å². The number of hydrogen-bond donors (Lipinski definition) is 2. The van der Waals surface area contributed by atoms with E-state index in [1.807, 2.05) is 31.2 Å². The SMILES string of the molecule is Cc1ccc(-c2n[nH]c(=S)n2CC(=O)N2CCCN(C(=O)Nc3ccc(Cl)cc3)CC2)cc1. The van der Waals surface area contributed by atoms with Gasteiger partial charge in [-0.15, -0.1) is 0 Å². The highest BCUT2D eigenvalue weighted by molar-refractivity contribution is 7.71.